The van der Waals surface area contributed by atoms with Gasteiger partial charge in [0.25, 0.3) is 0 Å². The summed E-state index contributed by atoms with van der Waals surface area (Å²) in [5.41, 5.74) is 1.44. The molecule has 0 N–H and O–H groups in total. The van der Waals surface area contributed by atoms with Gasteiger partial charge in [-0.2, -0.15) is 5.26 Å². The van der Waals surface area contributed by atoms with E-state index < -0.39 is 5.92 Å². The quantitative estimate of drug-likeness (QED) is 0.776. The van der Waals surface area contributed by atoms with Crippen LogP contribution in [0.3, 0.4) is 0 Å². The van der Waals surface area contributed by atoms with E-state index in [1.54, 1.807) is 25.3 Å². The number of ether oxygens (including phenoxy) is 1. The van der Waals surface area contributed by atoms with Gasteiger partial charge in [-0.25, -0.2) is 0 Å². The Labute approximate surface area is 118 Å². The Balaban J connectivity index is 2.17. The van der Waals surface area contributed by atoms with Crippen molar-refractivity contribution in [2.45, 2.75) is 12.3 Å². The predicted octanol–water partition coefficient (Wildman–Crippen LogP) is 3.58. The van der Waals surface area contributed by atoms with Crippen molar-refractivity contribution in [3.05, 3.63) is 65.7 Å². The smallest absolute Gasteiger partial charge is 0.164 e. The monoisotopic (exact) mass is 265 g/mol. The first-order chi connectivity index (χ1) is 9.74. The molecule has 0 saturated carbocycles. The number of carbonyl (C=O) groups excluding carboxylic acids is 1. The largest absolute Gasteiger partial charge is 0.497 e. The number of rotatable bonds is 5. The van der Waals surface area contributed by atoms with E-state index in [0.717, 1.165) is 5.56 Å². The van der Waals surface area contributed by atoms with Crippen molar-refractivity contribution in [1.29, 1.82) is 5.26 Å². The standard InChI is InChI=1S/C17H15NO2/c1-20-16-9-5-8-14(10-16)15(12-18)11-17(19)13-6-3-2-4-7-13/h2-10,15H,11H2,1H3/t15-/m0/s1. The molecule has 2 aromatic carbocycles. The minimum Gasteiger partial charge on any atom is -0.497 e. The lowest BCUT2D eigenvalue weighted by Gasteiger charge is -2.10. The van der Waals surface area contributed by atoms with Crippen molar-refractivity contribution in [2.24, 2.45) is 0 Å². The Kier molecular flexibility index (Phi) is 4.52. The number of ketones is 1. The Morgan fingerprint density at radius 2 is 1.95 bits per heavy atom. The van der Waals surface area contributed by atoms with Crippen LogP contribution >= 0.6 is 0 Å². The topological polar surface area (TPSA) is 50.1 Å². The maximum absolute atomic E-state index is 12.2. The van der Waals surface area contributed by atoms with Crippen molar-refractivity contribution in [3.63, 3.8) is 0 Å². The number of benzene rings is 2. The number of methoxy groups -OCH3 is 1. The van der Waals surface area contributed by atoms with Crippen LogP contribution in [0.2, 0.25) is 0 Å². The highest BCUT2D eigenvalue weighted by atomic mass is 16.5. The molecule has 0 radical (unpaired) electrons. The fourth-order valence-corrected chi connectivity index (χ4v) is 2.02. The summed E-state index contributed by atoms with van der Waals surface area (Å²) in [6.45, 7) is 0. The Morgan fingerprint density at radius 1 is 1.20 bits per heavy atom. The molecule has 0 aliphatic rings. The molecule has 3 nitrogen and oxygen atoms in total. The Bertz CT molecular complexity index is 629. The maximum atomic E-state index is 12.2. The van der Waals surface area contributed by atoms with Gasteiger partial charge in [-0.1, -0.05) is 42.5 Å². The summed E-state index contributed by atoms with van der Waals surface area (Å²) in [5, 5.41) is 9.30. The first kappa shape index (κ1) is 13.8. The van der Waals surface area contributed by atoms with Crippen LogP contribution in [-0.2, 0) is 0 Å². The molecule has 0 spiro atoms. The zero-order valence-electron chi connectivity index (χ0n) is 11.2. The summed E-state index contributed by atoms with van der Waals surface area (Å²) < 4.78 is 5.14. The summed E-state index contributed by atoms with van der Waals surface area (Å²) in [4.78, 5) is 12.2. The summed E-state index contributed by atoms with van der Waals surface area (Å²) in [6.07, 6.45) is 0.174. The zero-order chi connectivity index (χ0) is 14.4. The van der Waals surface area contributed by atoms with Crippen LogP contribution < -0.4 is 4.74 Å². The lowest BCUT2D eigenvalue weighted by atomic mass is 9.92. The third kappa shape index (κ3) is 3.24. The van der Waals surface area contributed by atoms with Crippen LogP contribution in [0.4, 0.5) is 0 Å². The van der Waals surface area contributed by atoms with Crippen molar-refractivity contribution in [1.82, 2.24) is 0 Å². The summed E-state index contributed by atoms with van der Waals surface area (Å²) in [6, 6.07) is 18.5. The average molecular weight is 265 g/mol. The molecule has 0 amide bonds. The third-order valence-corrected chi connectivity index (χ3v) is 3.14. The highest BCUT2D eigenvalue weighted by Gasteiger charge is 2.17. The van der Waals surface area contributed by atoms with E-state index in [9.17, 15) is 10.1 Å². The van der Waals surface area contributed by atoms with E-state index in [2.05, 4.69) is 6.07 Å². The second-order valence-corrected chi connectivity index (χ2v) is 4.45. The van der Waals surface area contributed by atoms with Crippen LogP contribution in [0.15, 0.2) is 54.6 Å². The molecular formula is C17H15NO2. The maximum Gasteiger partial charge on any atom is 0.164 e. The second kappa shape index (κ2) is 6.53. The van der Waals surface area contributed by atoms with Gasteiger partial charge in [-0.3, -0.25) is 4.79 Å². The van der Waals surface area contributed by atoms with Gasteiger partial charge >= 0.3 is 0 Å². The average Bonchev–Trinajstić information content (AvgIpc) is 2.53. The Hall–Kier alpha value is -2.60. The molecule has 0 bridgehead atoms. The summed E-state index contributed by atoms with van der Waals surface area (Å²) in [7, 11) is 1.58. The predicted molar refractivity (Wildman–Crippen MR) is 76.7 cm³/mol. The van der Waals surface area contributed by atoms with Crippen molar-refractivity contribution >= 4 is 5.78 Å². The number of carbonyl (C=O) groups is 1. The van der Waals surface area contributed by atoms with E-state index in [0.29, 0.717) is 11.3 Å². The molecule has 0 aliphatic carbocycles. The van der Waals surface area contributed by atoms with E-state index >= 15 is 0 Å². The van der Waals surface area contributed by atoms with Gasteiger partial charge in [-0.05, 0) is 17.7 Å². The van der Waals surface area contributed by atoms with Gasteiger partial charge in [-0.15, -0.1) is 0 Å². The van der Waals surface area contributed by atoms with E-state index in [1.165, 1.54) is 0 Å². The van der Waals surface area contributed by atoms with Crippen LogP contribution in [0, 0.1) is 11.3 Å². The minimum absolute atomic E-state index is 0.0278. The van der Waals surface area contributed by atoms with E-state index in [1.807, 2.05) is 36.4 Å². The third-order valence-electron chi connectivity index (χ3n) is 3.14. The fraction of sp³-hybridized carbons (Fsp3) is 0.176. The molecule has 1 atom stereocenters. The molecule has 2 aromatic rings. The zero-order valence-corrected chi connectivity index (χ0v) is 11.2. The molecule has 0 saturated heterocycles. The number of hydrogen-bond acceptors (Lipinski definition) is 3. The molecule has 0 fully saturated rings. The minimum atomic E-state index is -0.460. The first-order valence-corrected chi connectivity index (χ1v) is 6.36. The molecule has 20 heavy (non-hydrogen) atoms. The van der Waals surface area contributed by atoms with Gasteiger partial charge in [0.2, 0.25) is 0 Å². The molecule has 2 rings (SSSR count). The number of Topliss-reactive ketones (excluding diaryl/α,β-unsaturated/α-hetero) is 1. The van der Waals surface area contributed by atoms with Gasteiger partial charge in [0.05, 0.1) is 19.1 Å². The SMILES string of the molecule is COc1cccc([C@H](C#N)CC(=O)c2ccccc2)c1. The van der Waals surface area contributed by atoms with Crippen molar-refractivity contribution < 1.29 is 9.53 Å². The fourth-order valence-electron chi connectivity index (χ4n) is 2.02. The van der Waals surface area contributed by atoms with Crippen LogP contribution in [0.25, 0.3) is 0 Å². The van der Waals surface area contributed by atoms with Crippen molar-refractivity contribution in [3.8, 4) is 11.8 Å². The lowest BCUT2D eigenvalue weighted by molar-refractivity contribution is 0.0979. The van der Waals surface area contributed by atoms with E-state index in [-0.39, 0.29) is 12.2 Å². The highest BCUT2D eigenvalue weighted by molar-refractivity contribution is 5.96. The van der Waals surface area contributed by atoms with Crippen LogP contribution in [-0.4, -0.2) is 12.9 Å². The summed E-state index contributed by atoms with van der Waals surface area (Å²) in [5.74, 6) is 0.202. The van der Waals surface area contributed by atoms with Crippen molar-refractivity contribution in [2.75, 3.05) is 7.11 Å². The molecular weight excluding hydrogens is 250 g/mol. The normalized spacial score (nSPS) is 11.4. The van der Waals surface area contributed by atoms with Gasteiger partial charge in [0.1, 0.15) is 5.75 Å². The molecule has 0 unspecified atom stereocenters. The molecule has 3 heteroatoms. The molecule has 0 aliphatic heterocycles. The molecule has 0 heterocycles. The van der Waals surface area contributed by atoms with Crippen LogP contribution in [0.1, 0.15) is 28.3 Å². The second-order valence-electron chi connectivity index (χ2n) is 4.45. The van der Waals surface area contributed by atoms with Gasteiger partial charge in [0.15, 0.2) is 5.78 Å². The lowest BCUT2D eigenvalue weighted by Crippen LogP contribution is -2.06. The first-order valence-electron chi connectivity index (χ1n) is 6.36. The van der Waals surface area contributed by atoms with Gasteiger partial charge < -0.3 is 4.74 Å². The number of nitriles is 1. The number of nitrogens with zero attached hydrogens (tertiary/aromatic N) is 1. The highest BCUT2D eigenvalue weighted by Crippen LogP contribution is 2.24. The molecule has 100 valence electrons. The number of hydrogen-bond donors (Lipinski definition) is 0. The van der Waals surface area contributed by atoms with Crippen LogP contribution in [0.5, 0.6) is 5.75 Å². The van der Waals surface area contributed by atoms with E-state index in [4.69, 9.17) is 4.74 Å². The summed E-state index contributed by atoms with van der Waals surface area (Å²) >= 11 is 0. The van der Waals surface area contributed by atoms with Gasteiger partial charge in [0, 0.05) is 12.0 Å². The Morgan fingerprint density at radius 3 is 2.60 bits per heavy atom. The molecule has 0 aromatic heterocycles.